The first-order valence-corrected chi connectivity index (χ1v) is 7.52. The maximum absolute atomic E-state index is 12.9. The molecule has 0 N–H and O–H groups in total. The SMILES string of the molecule is O=c1c2ccccc2sc2cccc(-c3ccccn3)c12. The molecule has 3 heteroatoms. The van der Waals surface area contributed by atoms with Gasteiger partial charge in [-0.1, -0.05) is 30.3 Å². The van der Waals surface area contributed by atoms with E-state index >= 15 is 0 Å². The molecule has 100 valence electrons. The van der Waals surface area contributed by atoms with E-state index in [1.54, 1.807) is 17.5 Å². The van der Waals surface area contributed by atoms with Crippen molar-refractivity contribution >= 4 is 31.5 Å². The van der Waals surface area contributed by atoms with E-state index in [1.807, 2.05) is 60.7 Å². The lowest BCUT2D eigenvalue weighted by molar-refractivity contribution is 1.33. The third kappa shape index (κ3) is 1.94. The van der Waals surface area contributed by atoms with E-state index in [1.165, 1.54) is 0 Å². The van der Waals surface area contributed by atoms with Crippen LogP contribution in [0.2, 0.25) is 0 Å². The molecular formula is C18H11NOS. The first-order valence-electron chi connectivity index (χ1n) is 6.70. The van der Waals surface area contributed by atoms with E-state index < -0.39 is 0 Å². The van der Waals surface area contributed by atoms with Crippen molar-refractivity contribution in [2.45, 2.75) is 0 Å². The number of hydrogen-bond donors (Lipinski definition) is 0. The Bertz CT molecular complexity index is 1010. The molecule has 0 amide bonds. The zero-order valence-corrected chi connectivity index (χ0v) is 11.9. The van der Waals surface area contributed by atoms with E-state index in [0.29, 0.717) is 0 Å². The van der Waals surface area contributed by atoms with Gasteiger partial charge in [0.05, 0.1) is 5.69 Å². The van der Waals surface area contributed by atoms with Crippen molar-refractivity contribution in [1.82, 2.24) is 4.98 Å². The van der Waals surface area contributed by atoms with Gasteiger partial charge in [0.2, 0.25) is 0 Å². The summed E-state index contributed by atoms with van der Waals surface area (Å²) < 4.78 is 2.02. The highest BCUT2D eigenvalue weighted by atomic mass is 32.1. The molecule has 21 heavy (non-hydrogen) atoms. The predicted molar refractivity (Wildman–Crippen MR) is 88.8 cm³/mol. The lowest BCUT2D eigenvalue weighted by atomic mass is 10.0. The maximum atomic E-state index is 12.9. The number of benzene rings is 2. The minimum Gasteiger partial charge on any atom is -0.288 e. The largest absolute Gasteiger partial charge is 0.288 e. The molecule has 0 bridgehead atoms. The van der Waals surface area contributed by atoms with E-state index in [-0.39, 0.29) is 5.43 Å². The van der Waals surface area contributed by atoms with Crippen LogP contribution in [0.15, 0.2) is 71.7 Å². The van der Waals surface area contributed by atoms with Gasteiger partial charge in [-0.3, -0.25) is 9.78 Å². The van der Waals surface area contributed by atoms with Crippen LogP contribution < -0.4 is 5.43 Å². The lowest BCUT2D eigenvalue weighted by Gasteiger charge is -2.06. The Kier molecular flexibility index (Phi) is 2.79. The third-order valence-corrected chi connectivity index (χ3v) is 4.68. The molecule has 2 aromatic heterocycles. The van der Waals surface area contributed by atoms with E-state index in [4.69, 9.17) is 0 Å². The van der Waals surface area contributed by atoms with Gasteiger partial charge in [-0.15, -0.1) is 11.3 Å². The minimum absolute atomic E-state index is 0.0839. The van der Waals surface area contributed by atoms with Gasteiger partial charge in [0, 0.05) is 31.9 Å². The van der Waals surface area contributed by atoms with Crippen LogP contribution in [0.1, 0.15) is 0 Å². The van der Waals surface area contributed by atoms with Gasteiger partial charge in [0.25, 0.3) is 0 Å². The normalized spacial score (nSPS) is 11.0. The summed E-state index contributed by atoms with van der Waals surface area (Å²) in [6, 6.07) is 19.5. The molecule has 4 rings (SSSR count). The van der Waals surface area contributed by atoms with Gasteiger partial charge in [-0.05, 0) is 30.3 Å². The number of nitrogens with zero attached hydrogens (tertiary/aromatic N) is 1. The second-order valence-corrected chi connectivity index (χ2v) is 5.90. The van der Waals surface area contributed by atoms with E-state index in [2.05, 4.69) is 4.98 Å². The predicted octanol–water partition coefficient (Wildman–Crippen LogP) is 4.48. The molecule has 2 heterocycles. The summed E-state index contributed by atoms with van der Waals surface area (Å²) >= 11 is 1.65. The average Bonchev–Trinajstić information content (AvgIpc) is 2.55. The summed E-state index contributed by atoms with van der Waals surface area (Å²) in [6.45, 7) is 0. The van der Waals surface area contributed by atoms with Crippen LogP contribution in [0.3, 0.4) is 0 Å². The number of aromatic nitrogens is 1. The average molecular weight is 289 g/mol. The Morgan fingerprint density at radius 2 is 1.62 bits per heavy atom. The smallest absolute Gasteiger partial charge is 0.196 e. The van der Waals surface area contributed by atoms with E-state index in [9.17, 15) is 4.79 Å². The van der Waals surface area contributed by atoms with Gasteiger partial charge in [0.15, 0.2) is 5.43 Å². The first kappa shape index (κ1) is 12.2. The zero-order valence-electron chi connectivity index (χ0n) is 11.1. The van der Waals surface area contributed by atoms with Crippen molar-refractivity contribution in [2.24, 2.45) is 0 Å². The number of pyridine rings is 1. The summed E-state index contributed by atoms with van der Waals surface area (Å²) in [5.74, 6) is 0. The Hall–Kier alpha value is -2.52. The van der Waals surface area contributed by atoms with Crippen LogP contribution in [0, 0.1) is 0 Å². The van der Waals surface area contributed by atoms with Crippen LogP contribution in [-0.4, -0.2) is 4.98 Å². The molecule has 0 aliphatic heterocycles. The molecule has 2 nitrogen and oxygen atoms in total. The Labute approximate surface area is 125 Å². The molecule has 0 spiro atoms. The highest BCUT2D eigenvalue weighted by molar-refractivity contribution is 7.24. The van der Waals surface area contributed by atoms with Crippen molar-refractivity contribution in [1.29, 1.82) is 0 Å². The molecule has 0 saturated heterocycles. The van der Waals surface area contributed by atoms with Gasteiger partial charge in [-0.2, -0.15) is 0 Å². The molecule has 0 saturated carbocycles. The Balaban J connectivity index is 2.19. The van der Waals surface area contributed by atoms with Gasteiger partial charge < -0.3 is 0 Å². The van der Waals surface area contributed by atoms with Crippen molar-refractivity contribution in [3.8, 4) is 11.3 Å². The standard InChI is InChI=1S/C18H11NOS/c20-18-13-6-1-2-9-15(13)21-16-10-5-7-12(17(16)18)14-8-3-4-11-19-14/h1-11H. The summed E-state index contributed by atoms with van der Waals surface area (Å²) in [5, 5.41) is 1.54. The number of hydrogen-bond acceptors (Lipinski definition) is 3. The lowest BCUT2D eigenvalue weighted by Crippen LogP contribution is -2.02. The minimum atomic E-state index is 0.0839. The van der Waals surface area contributed by atoms with Crippen LogP contribution in [0.4, 0.5) is 0 Å². The van der Waals surface area contributed by atoms with Crippen molar-refractivity contribution in [3.05, 3.63) is 77.1 Å². The van der Waals surface area contributed by atoms with Crippen molar-refractivity contribution < 1.29 is 0 Å². The molecule has 0 aliphatic carbocycles. The van der Waals surface area contributed by atoms with Gasteiger partial charge in [0.1, 0.15) is 0 Å². The fraction of sp³-hybridized carbons (Fsp3) is 0. The molecule has 0 fully saturated rings. The molecule has 2 aromatic carbocycles. The first-order chi connectivity index (χ1) is 10.3. The van der Waals surface area contributed by atoms with Crippen molar-refractivity contribution in [2.75, 3.05) is 0 Å². The third-order valence-electron chi connectivity index (χ3n) is 3.55. The fourth-order valence-electron chi connectivity index (χ4n) is 2.58. The molecule has 0 aliphatic rings. The summed E-state index contributed by atoms with van der Waals surface area (Å²) in [7, 11) is 0. The Morgan fingerprint density at radius 1 is 0.810 bits per heavy atom. The van der Waals surface area contributed by atoms with Crippen molar-refractivity contribution in [3.63, 3.8) is 0 Å². The quantitative estimate of drug-likeness (QED) is 0.484. The highest BCUT2D eigenvalue weighted by Gasteiger charge is 2.11. The zero-order chi connectivity index (χ0) is 14.2. The Morgan fingerprint density at radius 3 is 2.48 bits per heavy atom. The maximum Gasteiger partial charge on any atom is 0.196 e. The topological polar surface area (TPSA) is 30.0 Å². The second kappa shape index (κ2) is 4.79. The monoisotopic (exact) mass is 289 g/mol. The van der Waals surface area contributed by atoms with Crippen LogP contribution in [-0.2, 0) is 0 Å². The van der Waals surface area contributed by atoms with Gasteiger partial charge in [-0.25, -0.2) is 0 Å². The van der Waals surface area contributed by atoms with Gasteiger partial charge >= 0.3 is 0 Å². The molecule has 0 unspecified atom stereocenters. The fourth-order valence-corrected chi connectivity index (χ4v) is 3.69. The van der Waals surface area contributed by atoms with Crippen LogP contribution >= 0.6 is 11.3 Å². The second-order valence-electron chi connectivity index (χ2n) is 4.82. The van der Waals surface area contributed by atoms with Crippen LogP contribution in [0.5, 0.6) is 0 Å². The number of rotatable bonds is 1. The molecule has 4 aromatic rings. The number of fused-ring (bicyclic) bond motifs is 2. The molecule has 0 radical (unpaired) electrons. The van der Waals surface area contributed by atoms with E-state index in [0.717, 1.165) is 31.4 Å². The molecule has 0 atom stereocenters. The summed E-state index contributed by atoms with van der Waals surface area (Å²) in [4.78, 5) is 17.2. The summed E-state index contributed by atoms with van der Waals surface area (Å²) in [6.07, 6.45) is 1.75. The highest BCUT2D eigenvalue weighted by Crippen LogP contribution is 2.30. The summed E-state index contributed by atoms with van der Waals surface area (Å²) in [5.41, 5.74) is 1.82. The molecular weight excluding hydrogens is 278 g/mol. The van der Waals surface area contributed by atoms with Crippen LogP contribution in [0.25, 0.3) is 31.4 Å².